The number of ether oxygens (including phenoxy) is 1. The molecule has 1 unspecified atom stereocenters. The van der Waals surface area contributed by atoms with Crippen LogP contribution in [0.15, 0.2) is 46.1 Å². The van der Waals surface area contributed by atoms with Gasteiger partial charge in [0, 0.05) is 12.0 Å². The van der Waals surface area contributed by atoms with Crippen LogP contribution in [0, 0.1) is 28.6 Å². The number of Topliss-reactive ketones (excluding diaryl/α,β-unsaturated/α-hetero) is 2. The average molecular weight is 423 g/mol. The largest absolute Gasteiger partial charge is 0.457 e. The number of rotatable bonds is 3. The van der Waals surface area contributed by atoms with Crippen LogP contribution in [0.4, 0.5) is 0 Å². The van der Waals surface area contributed by atoms with E-state index in [1.165, 1.54) is 6.26 Å². The molecule has 4 aliphatic carbocycles. The van der Waals surface area contributed by atoms with E-state index in [1.54, 1.807) is 19.1 Å². The summed E-state index contributed by atoms with van der Waals surface area (Å²) in [6, 6.07) is 3.24. The molecule has 2 fully saturated rings. The third kappa shape index (κ3) is 3.00. The van der Waals surface area contributed by atoms with E-state index in [4.69, 9.17) is 9.15 Å². The molecule has 31 heavy (non-hydrogen) atoms. The molecule has 1 aromatic heterocycles. The Labute approximate surface area is 182 Å². The maximum absolute atomic E-state index is 13.3. The lowest BCUT2D eigenvalue weighted by atomic mass is 9.46. The lowest BCUT2D eigenvalue weighted by Crippen LogP contribution is -2.53. The molecule has 0 aromatic carbocycles. The van der Waals surface area contributed by atoms with Crippen molar-refractivity contribution in [3.8, 4) is 0 Å². The van der Waals surface area contributed by atoms with Crippen LogP contribution in [-0.4, -0.2) is 23.6 Å². The normalized spacial score (nSPS) is 39.0. The number of hydrogen-bond acceptors (Lipinski definition) is 5. The topological polar surface area (TPSA) is 73.6 Å². The van der Waals surface area contributed by atoms with Crippen molar-refractivity contribution in [3.05, 3.63) is 47.5 Å². The molecule has 5 heteroatoms. The molecular weight excluding hydrogens is 392 g/mol. The van der Waals surface area contributed by atoms with Crippen molar-refractivity contribution in [1.82, 2.24) is 0 Å². The zero-order valence-corrected chi connectivity index (χ0v) is 18.5. The number of ketones is 2. The highest BCUT2D eigenvalue weighted by Gasteiger charge is 2.59. The fourth-order valence-corrected chi connectivity index (χ4v) is 7.32. The molecule has 5 nitrogen and oxygen atoms in total. The van der Waals surface area contributed by atoms with Gasteiger partial charge in [0.05, 0.1) is 6.26 Å². The van der Waals surface area contributed by atoms with Gasteiger partial charge < -0.3 is 9.15 Å². The van der Waals surface area contributed by atoms with Gasteiger partial charge in [0.25, 0.3) is 0 Å². The van der Waals surface area contributed by atoms with Gasteiger partial charge in [0.1, 0.15) is 6.10 Å². The Morgan fingerprint density at radius 3 is 2.61 bits per heavy atom. The molecule has 2 saturated carbocycles. The van der Waals surface area contributed by atoms with Gasteiger partial charge in [-0.15, -0.1) is 0 Å². The number of esters is 1. The summed E-state index contributed by atoms with van der Waals surface area (Å²) in [7, 11) is 0. The van der Waals surface area contributed by atoms with Crippen LogP contribution in [0.3, 0.4) is 0 Å². The first-order chi connectivity index (χ1) is 14.7. The second-order valence-electron chi connectivity index (χ2n) is 10.3. The quantitative estimate of drug-likeness (QED) is 0.636. The zero-order valence-electron chi connectivity index (χ0n) is 18.5. The summed E-state index contributed by atoms with van der Waals surface area (Å²) in [5, 5.41) is 0. The monoisotopic (exact) mass is 422 g/mol. The Hall–Kier alpha value is -2.43. The molecule has 1 heterocycles. The van der Waals surface area contributed by atoms with Gasteiger partial charge in [0.15, 0.2) is 11.6 Å². The summed E-state index contributed by atoms with van der Waals surface area (Å²) in [4.78, 5) is 37.9. The minimum atomic E-state index is -0.487. The molecule has 0 spiro atoms. The van der Waals surface area contributed by atoms with Crippen LogP contribution < -0.4 is 0 Å². The summed E-state index contributed by atoms with van der Waals surface area (Å²) in [6.45, 7) is 6.14. The highest BCUT2D eigenvalue weighted by Crippen LogP contribution is 2.64. The predicted molar refractivity (Wildman–Crippen MR) is 114 cm³/mol. The van der Waals surface area contributed by atoms with Crippen molar-refractivity contribution >= 4 is 17.5 Å². The highest BCUT2D eigenvalue weighted by molar-refractivity contribution is 5.99. The van der Waals surface area contributed by atoms with E-state index in [0.29, 0.717) is 30.6 Å². The van der Waals surface area contributed by atoms with Crippen molar-refractivity contribution in [2.75, 3.05) is 0 Å². The first-order valence-corrected chi connectivity index (χ1v) is 11.5. The van der Waals surface area contributed by atoms with Crippen LogP contribution in [0.25, 0.3) is 0 Å². The third-order valence-electron chi connectivity index (χ3n) is 8.83. The molecular formula is C26H30O5. The van der Waals surface area contributed by atoms with Gasteiger partial charge in [-0.2, -0.15) is 0 Å². The van der Waals surface area contributed by atoms with Crippen molar-refractivity contribution < 1.29 is 23.5 Å². The Morgan fingerprint density at radius 1 is 1.13 bits per heavy atom. The van der Waals surface area contributed by atoms with E-state index in [0.717, 1.165) is 36.8 Å². The molecule has 0 aliphatic heterocycles. The molecule has 0 bridgehead atoms. The number of furan rings is 1. The second-order valence-corrected chi connectivity index (χ2v) is 10.3. The average Bonchev–Trinajstić information content (AvgIpc) is 3.36. The Balaban J connectivity index is 1.40. The first-order valence-electron chi connectivity index (χ1n) is 11.5. The summed E-state index contributed by atoms with van der Waals surface area (Å²) in [5.74, 6) is 1.16. The van der Waals surface area contributed by atoms with Gasteiger partial charge in [-0.05, 0) is 91.4 Å². The van der Waals surface area contributed by atoms with Gasteiger partial charge >= 0.3 is 5.97 Å². The number of hydrogen-bond donors (Lipinski definition) is 0. The Kier molecular flexibility index (Phi) is 4.65. The van der Waals surface area contributed by atoms with Crippen LogP contribution >= 0.6 is 0 Å². The summed E-state index contributed by atoms with van der Waals surface area (Å²) < 4.78 is 10.8. The van der Waals surface area contributed by atoms with Crippen LogP contribution in [0.1, 0.15) is 69.9 Å². The lowest BCUT2D eigenvalue weighted by Gasteiger charge is -2.57. The predicted octanol–water partition coefficient (Wildman–Crippen LogP) is 5.07. The Morgan fingerprint density at radius 2 is 1.90 bits per heavy atom. The standard InChI is InChI=1S/C26H30O5/c1-15(27)18-6-7-19-17-14-22(28)21-13-16(31-24(29)23-5-4-12-30-23)8-10-26(21,3)20(17)9-11-25(18,19)2/h4-6,12-13,16-17,19-20H,7-11,14H2,1-3H3/t16?,17-,19-,20-,25+,26+/m0/s1. The van der Waals surface area contributed by atoms with Crippen molar-refractivity contribution in [2.45, 2.75) is 65.4 Å². The zero-order chi connectivity index (χ0) is 22.0. The number of allylic oxidation sites excluding steroid dienone is 3. The molecule has 1 aromatic rings. The summed E-state index contributed by atoms with van der Waals surface area (Å²) in [5.41, 5.74) is 1.54. The van der Waals surface area contributed by atoms with Gasteiger partial charge in [-0.1, -0.05) is 19.9 Å². The number of carbonyl (C=O) groups is 3. The third-order valence-corrected chi connectivity index (χ3v) is 8.83. The van der Waals surface area contributed by atoms with Gasteiger partial charge in [-0.3, -0.25) is 9.59 Å². The molecule has 4 aliphatic rings. The first kappa shape index (κ1) is 20.5. The molecule has 0 radical (unpaired) electrons. The van der Waals surface area contributed by atoms with E-state index in [9.17, 15) is 14.4 Å². The van der Waals surface area contributed by atoms with Crippen molar-refractivity contribution in [3.63, 3.8) is 0 Å². The van der Waals surface area contributed by atoms with Gasteiger partial charge in [0.2, 0.25) is 5.76 Å². The summed E-state index contributed by atoms with van der Waals surface area (Å²) >= 11 is 0. The molecule has 5 rings (SSSR count). The number of fused-ring (bicyclic) bond motifs is 5. The van der Waals surface area contributed by atoms with E-state index >= 15 is 0 Å². The van der Waals surface area contributed by atoms with E-state index in [1.807, 2.05) is 6.08 Å². The fourth-order valence-electron chi connectivity index (χ4n) is 7.32. The van der Waals surface area contributed by atoms with E-state index < -0.39 is 12.1 Å². The maximum Gasteiger partial charge on any atom is 0.374 e. The maximum atomic E-state index is 13.3. The minimum absolute atomic E-state index is 0.0966. The van der Waals surface area contributed by atoms with Crippen LogP contribution in [0.2, 0.25) is 0 Å². The van der Waals surface area contributed by atoms with Crippen molar-refractivity contribution in [1.29, 1.82) is 0 Å². The van der Waals surface area contributed by atoms with Crippen LogP contribution in [-0.2, 0) is 14.3 Å². The highest BCUT2D eigenvalue weighted by atomic mass is 16.6. The SMILES string of the molecule is CC(=O)C1=CC[C@H]2[C@@H]3CC(=O)C4=CC(OC(=O)c5ccco5)CC[C@]4(C)[C@H]3CC[C@]12C. The summed E-state index contributed by atoms with van der Waals surface area (Å²) in [6.07, 6.45) is 10.1. The smallest absolute Gasteiger partial charge is 0.374 e. The number of carbonyl (C=O) groups excluding carboxylic acids is 3. The molecule has 6 atom stereocenters. The second kappa shape index (κ2) is 7.04. The Bertz CT molecular complexity index is 999. The fraction of sp³-hybridized carbons (Fsp3) is 0.577. The minimum Gasteiger partial charge on any atom is -0.457 e. The lowest BCUT2D eigenvalue weighted by molar-refractivity contribution is -0.128. The van der Waals surface area contributed by atoms with E-state index in [2.05, 4.69) is 19.9 Å². The van der Waals surface area contributed by atoms with Crippen LogP contribution in [0.5, 0.6) is 0 Å². The van der Waals surface area contributed by atoms with E-state index in [-0.39, 0.29) is 28.2 Å². The van der Waals surface area contributed by atoms with Gasteiger partial charge in [-0.25, -0.2) is 4.79 Å². The molecule has 164 valence electrons. The van der Waals surface area contributed by atoms with Crippen molar-refractivity contribution in [2.24, 2.45) is 28.6 Å². The molecule has 0 amide bonds. The molecule has 0 saturated heterocycles. The molecule has 0 N–H and O–H groups in total.